The van der Waals surface area contributed by atoms with Crippen LogP contribution in [-0.4, -0.2) is 53.8 Å². The van der Waals surface area contributed by atoms with Gasteiger partial charge in [0.2, 0.25) is 0 Å². The summed E-state index contributed by atoms with van der Waals surface area (Å²) in [4.78, 5) is 24.9. The van der Waals surface area contributed by atoms with E-state index in [0.717, 1.165) is 12.8 Å². The van der Waals surface area contributed by atoms with Crippen molar-refractivity contribution in [3.63, 3.8) is 0 Å². The fourth-order valence-electron chi connectivity index (χ4n) is 2.32. The third kappa shape index (κ3) is 4.67. The van der Waals surface area contributed by atoms with Crippen LogP contribution in [0, 0.1) is 5.92 Å². The van der Waals surface area contributed by atoms with Gasteiger partial charge in [0.15, 0.2) is 0 Å². The molecular formula is C14H26N2O4. The van der Waals surface area contributed by atoms with Gasteiger partial charge in [-0.05, 0) is 32.1 Å². The van der Waals surface area contributed by atoms with Crippen molar-refractivity contribution in [1.29, 1.82) is 0 Å². The molecule has 1 aliphatic rings. The van der Waals surface area contributed by atoms with Crippen LogP contribution < -0.4 is 5.32 Å². The number of ether oxygens (including phenoxy) is 1. The molecular weight excluding hydrogens is 260 g/mol. The maximum atomic E-state index is 12.3. The normalized spacial score (nSPS) is 20.8. The molecule has 1 fully saturated rings. The molecule has 1 aliphatic heterocycles. The number of carboxylic acid groups (broad SMARTS) is 1. The lowest BCUT2D eigenvalue weighted by Gasteiger charge is -2.34. The van der Waals surface area contributed by atoms with Crippen LogP contribution in [0.3, 0.4) is 0 Å². The van der Waals surface area contributed by atoms with Crippen LogP contribution >= 0.6 is 0 Å². The lowest BCUT2D eigenvalue weighted by atomic mass is 10.0. The van der Waals surface area contributed by atoms with Gasteiger partial charge in [-0.1, -0.05) is 13.8 Å². The second kappa shape index (κ2) is 8.09. The lowest BCUT2D eigenvalue weighted by molar-refractivity contribution is -0.143. The molecule has 0 bridgehead atoms. The van der Waals surface area contributed by atoms with Gasteiger partial charge in [0.25, 0.3) is 0 Å². The minimum absolute atomic E-state index is 0.0983. The number of amides is 2. The van der Waals surface area contributed by atoms with Gasteiger partial charge in [-0.2, -0.15) is 0 Å². The van der Waals surface area contributed by atoms with Crippen molar-refractivity contribution < 1.29 is 19.4 Å². The average molecular weight is 286 g/mol. The maximum absolute atomic E-state index is 12.3. The Morgan fingerprint density at radius 1 is 1.40 bits per heavy atom. The smallest absolute Gasteiger partial charge is 0.326 e. The largest absolute Gasteiger partial charge is 0.480 e. The number of rotatable bonds is 6. The highest BCUT2D eigenvalue weighted by atomic mass is 16.5. The average Bonchev–Trinajstić information content (AvgIpc) is 2.42. The molecule has 2 N–H and O–H groups in total. The minimum atomic E-state index is -0.925. The summed E-state index contributed by atoms with van der Waals surface area (Å²) in [6.45, 7) is 7.47. The zero-order valence-corrected chi connectivity index (χ0v) is 12.6. The molecule has 0 saturated carbocycles. The predicted molar refractivity (Wildman–Crippen MR) is 75.6 cm³/mol. The van der Waals surface area contributed by atoms with Gasteiger partial charge in [0, 0.05) is 13.2 Å². The maximum Gasteiger partial charge on any atom is 0.326 e. The van der Waals surface area contributed by atoms with E-state index in [9.17, 15) is 14.7 Å². The Morgan fingerprint density at radius 3 is 2.65 bits per heavy atom. The zero-order chi connectivity index (χ0) is 15.1. The Hall–Kier alpha value is -1.30. The summed E-state index contributed by atoms with van der Waals surface area (Å²) in [5, 5.41) is 12.1. The van der Waals surface area contributed by atoms with Crippen LogP contribution in [0.25, 0.3) is 0 Å². The predicted octanol–water partition coefficient (Wildman–Crippen LogP) is 1.70. The van der Waals surface area contributed by atoms with Crippen LogP contribution in [0.5, 0.6) is 0 Å². The van der Waals surface area contributed by atoms with E-state index in [0.29, 0.717) is 26.2 Å². The Bertz CT molecular complexity index is 333. The van der Waals surface area contributed by atoms with E-state index in [1.54, 1.807) is 0 Å². The molecule has 2 amide bonds. The molecule has 0 aromatic carbocycles. The van der Waals surface area contributed by atoms with Crippen LogP contribution in [0.1, 0.15) is 40.0 Å². The number of carbonyl (C=O) groups excluding carboxylic acids is 1. The minimum Gasteiger partial charge on any atom is -0.480 e. The van der Waals surface area contributed by atoms with Gasteiger partial charge < -0.3 is 20.1 Å². The fraction of sp³-hybridized carbons (Fsp3) is 0.857. The lowest BCUT2D eigenvalue weighted by Crippen LogP contribution is -2.55. The van der Waals surface area contributed by atoms with Gasteiger partial charge in [0.05, 0.1) is 12.6 Å². The Morgan fingerprint density at radius 2 is 2.10 bits per heavy atom. The van der Waals surface area contributed by atoms with E-state index in [1.165, 1.54) is 4.90 Å². The number of likely N-dealkylation sites (tertiary alicyclic amines) is 1. The number of nitrogens with zero attached hydrogens (tertiary/aromatic N) is 1. The second-order valence-corrected chi connectivity index (χ2v) is 5.50. The van der Waals surface area contributed by atoms with E-state index in [4.69, 9.17) is 4.74 Å². The van der Waals surface area contributed by atoms with E-state index in [2.05, 4.69) is 5.32 Å². The first-order valence-electron chi connectivity index (χ1n) is 7.35. The topological polar surface area (TPSA) is 78.9 Å². The van der Waals surface area contributed by atoms with Gasteiger partial charge in [-0.3, -0.25) is 0 Å². The number of urea groups is 1. The van der Waals surface area contributed by atoms with E-state index in [-0.39, 0.29) is 18.0 Å². The quantitative estimate of drug-likeness (QED) is 0.779. The SMILES string of the molecule is CCOCC(NC(=O)N1CCCCC1C(=O)O)C(C)C. The number of nitrogens with one attached hydrogen (secondary N) is 1. The van der Waals surface area contributed by atoms with Crippen LogP contribution in [0.15, 0.2) is 0 Å². The summed E-state index contributed by atoms with van der Waals surface area (Å²) in [6, 6.07) is -1.10. The first-order valence-corrected chi connectivity index (χ1v) is 7.35. The molecule has 0 aliphatic carbocycles. The molecule has 0 aromatic heterocycles. The summed E-state index contributed by atoms with van der Waals surface area (Å²) >= 11 is 0. The Labute approximate surface area is 120 Å². The van der Waals surface area contributed by atoms with Gasteiger partial charge in [0.1, 0.15) is 6.04 Å². The second-order valence-electron chi connectivity index (χ2n) is 5.50. The van der Waals surface area contributed by atoms with E-state index >= 15 is 0 Å². The highest BCUT2D eigenvalue weighted by molar-refractivity contribution is 5.83. The summed E-state index contributed by atoms with van der Waals surface area (Å²) < 4.78 is 5.37. The number of carboxylic acids is 1. The van der Waals surface area contributed by atoms with Gasteiger partial charge in [-0.25, -0.2) is 9.59 Å². The summed E-state index contributed by atoms with van der Waals surface area (Å²) in [6.07, 6.45) is 2.24. The van der Waals surface area contributed by atoms with Crippen molar-refractivity contribution in [1.82, 2.24) is 10.2 Å². The summed E-state index contributed by atoms with van der Waals surface area (Å²) in [7, 11) is 0. The first-order chi connectivity index (χ1) is 9.47. The van der Waals surface area contributed by atoms with Crippen molar-refractivity contribution in [2.24, 2.45) is 5.92 Å². The number of hydrogen-bond donors (Lipinski definition) is 2. The molecule has 0 radical (unpaired) electrons. The molecule has 2 atom stereocenters. The molecule has 0 spiro atoms. The van der Waals surface area contributed by atoms with E-state index in [1.807, 2.05) is 20.8 Å². The summed E-state index contributed by atoms with van der Waals surface area (Å²) in [5.74, 6) is -0.690. The highest BCUT2D eigenvalue weighted by Gasteiger charge is 2.33. The standard InChI is InChI=1S/C14H26N2O4/c1-4-20-9-11(10(2)3)15-14(19)16-8-6-5-7-12(16)13(17)18/h10-12H,4-9H2,1-3H3,(H,15,19)(H,17,18). The fourth-order valence-corrected chi connectivity index (χ4v) is 2.32. The number of hydrogen-bond acceptors (Lipinski definition) is 3. The van der Waals surface area contributed by atoms with Crippen LogP contribution in [0.2, 0.25) is 0 Å². The number of piperidine rings is 1. The molecule has 2 unspecified atom stereocenters. The van der Waals surface area contributed by atoms with Crippen molar-refractivity contribution in [2.45, 2.75) is 52.1 Å². The molecule has 20 heavy (non-hydrogen) atoms. The molecule has 0 aromatic rings. The molecule has 6 nitrogen and oxygen atoms in total. The number of aliphatic carboxylic acids is 1. The molecule has 6 heteroatoms. The first kappa shape index (κ1) is 16.8. The van der Waals surface area contributed by atoms with Gasteiger partial charge in [-0.15, -0.1) is 0 Å². The van der Waals surface area contributed by atoms with E-state index < -0.39 is 12.0 Å². The molecule has 1 heterocycles. The van der Waals surface area contributed by atoms with Crippen LogP contribution in [0.4, 0.5) is 4.79 Å². The van der Waals surface area contributed by atoms with Crippen LogP contribution in [-0.2, 0) is 9.53 Å². The molecule has 1 rings (SSSR count). The highest BCUT2D eigenvalue weighted by Crippen LogP contribution is 2.17. The van der Waals surface area contributed by atoms with Crippen molar-refractivity contribution in [2.75, 3.05) is 19.8 Å². The number of carbonyl (C=O) groups is 2. The van der Waals surface area contributed by atoms with Gasteiger partial charge >= 0.3 is 12.0 Å². The van der Waals surface area contributed by atoms with Crippen molar-refractivity contribution in [3.05, 3.63) is 0 Å². The Kier molecular flexibility index (Phi) is 6.78. The van der Waals surface area contributed by atoms with Crippen molar-refractivity contribution in [3.8, 4) is 0 Å². The summed E-state index contributed by atoms with van der Waals surface area (Å²) in [5.41, 5.74) is 0. The Balaban J connectivity index is 2.63. The third-order valence-electron chi connectivity index (χ3n) is 3.66. The molecule has 116 valence electrons. The zero-order valence-electron chi connectivity index (χ0n) is 12.6. The van der Waals surface area contributed by atoms with Crippen molar-refractivity contribution >= 4 is 12.0 Å². The monoisotopic (exact) mass is 286 g/mol. The molecule has 1 saturated heterocycles. The third-order valence-corrected chi connectivity index (χ3v) is 3.66.